The lowest BCUT2D eigenvalue weighted by Crippen LogP contribution is -2.32. The van der Waals surface area contributed by atoms with Crippen LogP contribution in [0.5, 0.6) is 5.75 Å². The Bertz CT molecular complexity index is 2000. The fourth-order valence-electron chi connectivity index (χ4n) is 7.23. The first-order chi connectivity index (χ1) is 23.3. The third kappa shape index (κ3) is 5.44. The normalized spacial score (nSPS) is 19.7. The summed E-state index contributed by atoms with van der Waals surface area (Å²) >= 11 is 0. The van der Waals surface area contributed by atoms with Crippen LogP contribution in [0.15, 0.2) is 186 Å². The number of rotatable bonds is 6. The fourth-order valence-corrected chi connectivity index (χ4v) is 7.23. The maximum absolute atomic E-state index is 6.75. The lowest BCUT2D eigenvalue weighted by Gasteiger charge is -2.32. The number of anilines is 2. The van der Waals surface area contributed by atoms with Gasteiger partial charge in [-0.25, -0.2) is 0 Å². The van der Waals surface area contributed by atoms with E-state index in [1.807, 2.05) is 7.05 Å². The summed E-state index contributed by atoms with van der Waals surface area (Å²) in [6, 6.07) is 47.0. The summed E-state index contributed by atoms with van der Waals surface area (Å²) in [7, 11) is 1.91. The molecule has 2 aliphatic carbocycles. The number of ether oxygens (including phenoxy) is 1. The van der Waals surface area contributed by atoms with Gasteiger partial charge in [0.15, 0.2) is 0 Å². The molecule has 0 saturated heterocycles. The van der Waals surface area contributed by atoms with E-state index in [1.165, 1.54) is 22.3 Å². The van der Waals surface area contributed by atoms with E-state index >= 15 is 0 Å². The molecule has 1 heterocycles. The van der Waals surface area contributed by atoms with Crippen LogP contribution in [0.4, 0.5) is 11.4 Å². The second-order valence-corrected chi connectivity index (χ2v) is 12.2. The van der Waals surface area contributed by atoms with Gasteiger partial charge in [-0.05, 0) is 71.2 Å². The number of hydrogen-bond donors (Lipinski definition) is 0. The Hall–Kier alpha value is -5.67. The van der Waals surface area contributed by atoms with Gasteiger partial charge < -0.3 is 4.74 Å². The zero-order valence-corrected chi connectivity index (χ0v) is 26.4. The average molecular weight is 609 g/mol. The summed E-state index contributed by atoms with van der Waals surface area (Å²) in [4.78, 5) is 7.17. The van der Waals surface area contributed by atoms with E-state index in [2.05, 4.69) is 175 Å². The van der Waals surface area contributed by atoms with Gasteiger partial charge in [-0.2, -0.15) is 0 Å². The summed E-state index contributed by atoms with van der Waals surface area (Å²) in [5, 5.41) is 0. The highest BCUT2D eigenvalue weighted by molar-refractivity contribution is 6.06. The Balaban J connectivity index is 1.14. The van der Waals surface area contributed by atoms with E-state index in [0.717, 1.165) is 46.3 Å². The first kappa shape index (κ1) is 28.8. The molecule has 1 aliphatic heterocycles. The number of nitrogens with zero attached hydrogens (tertiary/aromatic N) is 2. The highest BCUT2D eigenvalue weighted by atomic mass is 16.5. The predicted molar refractivity (Wildman–Crippen MR) is 195 cm³/mol. The Morgan fingerprint density at radius 3 is 1.91 bits per heavy atom. The summed E-state index contributed by atoms with van der Waals surface area (Å²) < 4.78 is 6.75. The molecule has 0 fully saturated rings. The van der Waals surface area contributed by atoms with E-state index in [9.17, 15) is 0 Å². The number of amidine groups is 1. The smallest absolute Gasteiger partial charge is 0.138 e. The molecular formula is C44H36N2O. The Morgan fingerprint density at radius 2 is 1.32 bits per heavy atom. The largest absolute Gasteiger partial charge is 0.460 e. The van der Waals surface area contributed by atoms with Crippen LogP contribution in [0, 0.1) is 11.8 Å². The molecule has 0 amide bonds. The van der Waals surface area contributed by atoms with Gasteiger partial charge in [0.25, 0.3) is 0 Å². The third-order valence-electron chi connectivity index (χ3n) is 9.44. The number of benzene rings is 5. The SMILES string of the molecule is CN=C(C1C=CC(C2C=CC=C3Oc4c(-c5ccccc5)cc(-c5ccccc5)cc4C32)=CC1)N(c1ccccc1)c1ccccc1. The van der Waals surface area contributed by atoms with Gasteiger partial charge in [-0.1, -0.05) is 127 Å². The molecule has 3 heteroatoms. The molecule has 0 bridgehead atoms. The minimum Gasteiger partial charge on any atom is -0.460 e. The van der Waals surface area contributed by atoms with E-state index in [4.69, 9.17) is 9.73 Å². The molecule has 3 aliphatic rings. The van der Waals surface area contributed by atoms with Crippen molar-refractivity contribution < 1.29 is 4.74 Å². The first-order valence-corrected chi connectivity index (χ1v) is 16.4. The number of allylic oxidation sites excluding steroid dienone is 7. The van der Waals surface area contributed by atoms with Gasteiger partial charge in [-0.15, -0.1) is 0 Å². The Morgan fingerprint density at radius 1 is 0.702 bits per heavy atom. The van der Waals surface area contributed by atoms with Crippen LogP contribution < -0.4 is 9.64 Å². The standard InChI is InChI=1S/C44H36N2O/c1-45-44(46(36-19-10-4-11-20-36)37-21-12-5-13-22-37)34-27-25-33(26-28-34)38-23-14-24-41-42(38)40-30-35(31-15-6-2-7-16-31)29-39(43(40)47-41)32-17-8-3-9-18-32/h2-27,29-30,34,38,42H,28H2,1H3. The van der Waals surface area contributed by atoms with Crippen LogP contribution in [0.1, 0.15) is 17.9 Å². The minimum absolute atomic E-state index is 0.109. The van der Waals surface area contributed by atoms with Crippen LogP contribution in [-0.2, 0) is 0 Å². The van der Waals surface area contributed by atoms with Crippen molar-refractivity contribution in [3.8, 4) is 28.0 Å². The molecule has 47 heavy (non-hydrogen) atoms. The Labute approximate surface area is 277 Å². The average Bonchev–Trinajstić information content (AvgIpc) is 3.54. The maximum atomic E-state index is 6.75. The number of fused-ring (bicyclic) bond motifs is 3. The summed E-state index contributed by atoms with van der Waals surface area (Å²) in [5.41, 5.74) is 9.49. The first-order valence-electron chi connectivity index (χ1n) is 16.4. The fraction of sp³-hybridized carbons (Fsp3) is 0.114. The number of hydrogen-bond acceptors (Lipinski definition) is 2. The van der Waals surface area contributed by atoms with Crippen molar-refractivity contribution in [3.63, 3.8) is 0 Å². The molecule has 0 radical (unpaired) electrons. The van der Waals surface area contributed by atoms with E-state index in [-0.39, 0.29) is 17.8 Å². The molecular weight excluding hydrogens is 572 g/mol. The quantitative estimate of drug-likeness (QED) is 0.142. The van der Waals surface area contributed by atoms with Crippen molar-refractivity contribution in [2.24, 2.45) is 16.8 Å². The van der Waals surface area contributed by atoms with Crippen LogP contribution in [0.25, 0.3) is 22.3 Å². The zero-order valence-electron chi connectivity index (χ0n) is 26.4. The molecule has 0 aromatic heterocycles. The number of para-hydroxylation sites is 2. The molecule has 8 rings (SSSR count). The lowest BCUT2D eigenvalue weighted by atomic mass is 9.75. The molecule has 5 aromatic carbocycles. The van der Waals surface area contributed by atoms with E-state index in [1.54, 1.807) is 0 Å². The third-order valence-corrected chi connectivity index (χ3v) is 9.44. The van der Waals surface area contributed by atoms with E-state index in [0.29, 0.717) is 0 Å². The molecule has 3 unspecified atom stereocenters. The van der Waals surface area contributed by atoms with Gasteiger partial charge >= 0.3 is 0 Å². The van der Waals surface area contributed by atoms with Crippen molar-refractivity contribution >= 4 is 17.2 Å². The monoisotopic (exact) mass is 608 g/mol. The molecule has 228 valence electrons. The van der Waals surface area contributed by atoms with Gasteiger partial charge in [-0.3, -0.25) is 9.89 Å². The van der Waals surface area contributed by atoms with Gasteiger partial charge in [0.2, 0.25) is 0 Å². The van der Waals surface area contributed by atoms with Crippen molar-refractivity contribution in [1.29, 1.82) is 0 Å². The van der Waals surface area contributed by atoms with Crippen LogP contribution in [-0.4, -0.2) is 12.9 Å². The molecule has 0 saturated carbocycles. The molecule has 3 atom stereocenters. The second kappa shape index (κ2) is 12.6. The van der Waals surface area contributed by atoms with Gasteiger partial charge in [0, 0.05) is 41.4 Å². The van der Waals surface area contributed by atoms with Crippen LogP contribution >= 0.6 is 0 Å². The Kier molecular flexibility index (Phi) is 7.72. The highest BCUT2D eigenvalue weighted by Crippen LogP contribution is 2.54. The van der Waals surface area contributed by atoms with Crippen molar-refractivity contribution in [2.75, 3.05) is 11.9 Å². The predicted octanol–water partition coefficient (Wildman–Crippen LogP) is 10.9. The van der Waals surface area contributed by atoms with Crippen molar-refractivity contribution in [1.82, 2.24) is 0 Å². The molecule has 0 spiro atoms. The van der Waals surface area contributed by atoms with Gasteiger partial charge in [0.05, 0.1) is 5.92 Å². The molecule has 0 N–H and O–H groups in total. The summed E-state index contributed by atoms with van der Waals surface area (Å²) in [6.07, 6.45) is 14.6. The molecule has 5 aromatic rings. The summed E-state index contributed by atoms with van der Waals surface area (Å²) in [5.74, 6) is 3.45. The maximum Gasteiger partial charge on any atom is 0.138 e. The van der Waals surface area contributed by atoms with Crippen LogP contribution in [0.3, 0.4) is 0 Å². The highest BCUT2D eigenvalue weighted by Gasteiger charge is 2.40. The van der Waals surface area contributed by atoms with Crippen molar-refractivity contribution in [3.05, 3.63) is 187 Å². The summed E-state index contributed by atoms with van der Waals surface area (Å²) in [6.45, 7) is 0. The zero-order chi connectivity index (χ0) is 31.6. The minimum atomic E-state index is 0.109. The topological polar surface area (TPSA) is 24.8 Å². The number of aliphatic imine (C=N–C) groups is 1. The van der Waals surface area contributed by atoms with Crippen LogP contribution in [0.2, 0.25) is 0 Å². The lowest BCUT2D eigenvalue weighted by molar-refractivity contribution is 0.410. The van der Waals surface area contributed by atoms with E-state index < -0.39 is 0 Å². The van der Waals surface area contributed by atoms with Gasteiger partial charge in [0.1, 0.15) is 17.3 Å². The van der Waals surface area contributed by atoms with Crippen molar-refractivity contribution in [2.45, 2.75) is 12.3 Å². The second-order valence-electron chi connectivity index (χ2n) is 12.2. The molecule has 3 nitrogen and oxygen atoms in total.